The lowest BCUT2D eigenvalue weighted by Gasteiger charge is -2.52. The number of nitrogens with zero attached hydrogens (tertiary/aromatic N) is 3. The quantitative estimate of drug-likeness (QED) is 0.477. The number of aliphatic imine (C=N–C) groups is 1. The summed E-state index contributed by atoms with van der Waals surface area (Å²) in [5, 5.41) is 4.04. The highest BCUT2D eigenvalue weighted by Gasteiger charge is 2.43. The van der Waals surface area contributed by atoms with E-state index in [0.29, 0.717) is 29.3 Å². The van der Waals surface area contributed by atoms with Gasteiger partial charge in [-0.15, -0.1) is 11.8 Å². The molecule has 2 atom stereocenters. The Balaban J connectivity index is 1.31. The molecule has 1 unspecified atom stereocenters. The van der Waals surface area contributed by atoms with E-state index >= 15 is 0 Å². The molecule has 0 radical (unpaired) electrons. The summed E-state index contributed by atoms with van der Waals surface area (Å²) in [7, 11) is 1.82. The Morgan fingerprint density at radius 1 is 1.21 bits per heavy atom. The number of ether oxygens (including phenoxy) is 1. The zero-order valence-electron chi connectivity index (χ0n) is 24.1. The second-order valence-electron chi connectivity index (χ2n) is 11.8. The van der Waals surface area contributed by atoms with Crippen LogP contribution in [0.5, 0.6) is 0 Å². The van der Waals surface area contributed by atoms with E-state index in [0.717, 1.165) is 34.6 Å². The van der Waals surface area contributed by atoms with Gasteiger partial charge < -0.3 is 14.6 Å². The van der Waals surface area contributed by atoms with Crippen LogP contribution in [-0.2, 0) is 9.53 Å². The molecule has 0 spiro atoms. The number of dihydropyridines is 1. The molecule has 1 aliphatic carbocycles. The molecule has 2 aromatic rings. The van der Waals surface area contributed by atoms with Crippen LogP contribution in [0.4, 0.5) is 0 Å². The third kappa shape index (κ3) is 5.35. The summed E-state index contributed by atoms with van der Waals surface area (Å²) < 4.78 is 8.04. The first-order chi connectivity index (χ1) is 18.7. The van der Waals surface area contributed by atoms with Crippen LogP contribution in [0, 0.1) is 18.8 Å². The van der Waals surface area contributed by atoms with Crippen LogP contribution in [0.25, 0.3) is 10.9 Å². The number of likely N-dealkylation sites (tertiary alicyclic amines) is 1. The Kier molecular flexibility index (Phi) is 8.09. The molecule has 5 rings (SSSR count). The summed E-state index contributed by atoms with van der Waals surface area (Å²) in [6, 6.07) is 9.16. The molecule has 8 heteroatoms. The molecule has 1 N–H and O–H groups in total. The van der Waals surface area contributed by atoms with Crippen LogP contribution in [0.3, 0.4) is 0 Å². The molecule has 1 saturated carbocycles. The van der Waals surface area contributed by atoms with E-state index in [-0.39, 0.29) is 24.0 Å². The second kappa shape index (κ2) is 11.2. The first kappa shape index (κ1) is 28.1. The van der Waals surface area contributed by atoms with E-state index < -0.39 is 5.92 Å². The number of methoxy groups -OCH3 is 1. The number of nitrogens with one attached hydrogen (secondary N) is 1. The molecule has 2 fully saturated rings. The standard InChI is InChI=1S/C31H42N4O3S/c1-19-15-27(39-6)25(29(36)33-19)16-32-30(37)28-21(3)35(26-10-8-7-9-24(26)28)20(2)22-11-13-23(14-12-22)34-17-31(4,18-34)38-5/h7-10,15,20,22-23,25H,11-14,16-18H2,1-6H3,(H,32,37)/t20-,22?,23?,25?/m1/s1. The number of carbonyl (C=O) groups is 2. The van der Waals surface area contributed by atoms with Crippen LogP contribution >= 0.6 is 11.8 Å². The van der Waals surface area contributed by atoms with Gasteiger partial charge in [-0.3, -0.25) is 14.5 Å². The Morgan fingerprint density at radius 2 is 1.90 bits per heavy atom. The molecule has 1 aromatic carbocycles. The highest BCUT2D eigenvalue weighted by Crippen LogP contribution is 2.40. The van der Waals surface area contributed by atoms with E-state index in [1.165, 1.54) is 25.7 Å². The second-order valence-corrected chi connectivity index (χ2v) is 12.7. The van der Waals surface area contributed by atoms with Gasteiger partial charge in [0.25, 0.3) is 11.8 Å². The fourth-order valence-corrected chi connectivity index (χ4v) is 7.70. The van der Waals surface area contributed by atoms with Crippen LogP contribution in [0.2, 0.25) is 0 Å². The molecule has 39 heavy (non-hydrogen) atoms. The van der Waals surface area contributed by atoms with Gasteiger partial charge in [-0.25, -0.2) is 4.99 Å². The van der Waals surface area contributed by atoms with Crippen molar-refractivity contribution in [1.29, 1.82) is 0 Å². The molecule has 2 aliphatic heterocycles. The van der Waals surface area contributed by atoms with Crippen LogP contribution in [0.1, 0.15) is 68.5 Å². The number of para-hydroxylation sites is 1. The first-order valence-electron chi connectivity index (χ1n) is 14.2. The van der Waals surface area contributed by atoms with E-state index in [1.807, 2.05) is 38.5 Å². The van der Waals surface area contributed by atoms with Gasteiger partial charge >= 0.3 is 0 Å². The van der Waals surface area contributed by atoms with Crippen molar-refractivity contribution in [3.8, 4) is 0 Å². The van der Waals surface area contributed by atoms with Crippen molar-refractivity contribution in [2.24, 2.45) is 16.8 Å². The molecule has 2 amide bonds. The third-order valence-corrected chi connectivity index (χ3v) is 10.2. The Hall–Kier alpha value is -2.42. The van der Waals surface area contributed by atoms with Gasteiger partial charge in [-0.1, -0.05) is 18.2 Å². The number of rotatable bonds is 8. The minimum atomic E-state index is -0.427. The topological polar surface area (TPSA) is 75.9 Å². The molecule has 7 nitrogen and oxygen atoms in total. The normalized spacial score (nSPS) is 26.1. The van der Waals surface area contributed by atoms with Crippen molar-refractivity contribution < 1.29 is 14.3 Å². The van der Waals surface area contributed by atoms with Crippen molar-refractivity contribution in [2.45, 2.75) is 71.1 Å². The van der Waals surface area contributed by atoms with E-state index in [1.54, 1.807) is 11.8 Å². The SMILES string of the molecule is COC1(C)CN(C2CCC([C@@H](C)n3c(C)c(C(=O)NCC4C(=O)N=C(C)C=C4SC)c4ccccc43)CC2)C1. The maximum Gasteiger partial charge on any atom is 0.255 e. The largest absolute Gasteiger partial charge is 0.376 e. The number of fused-ring (bicyclic) bond motifs is 1. The van der Waals surface area contributed by atoms with Gasteiger partial charge in [0, 0.05) is 66.0 Å². The number of hydrogen-bond donors (Lipinski definition) is 1. The van der Waals surface area contributed by atoms with Crippen molar-refractivity contribution in [2.75, 3.05) is 33.0 Å². The molecule has 1 aromatic heterocycles. The lowest BCUT2D eigenvalue weighted by molar-refractivity contribution is -0.131. The lowest BCUT2D eigenvalue weighted by atomic mass is 9.79. The number of aromatic nitrogens is 1. The Bertz CT molecular complexity index is 1310. The Labute approximate surface area is 236 Å². The number of amides is 2. The predicted octanol–water partition coefficient (Wildman–Crippen LogP) is 5.38. The molecular weight excluding hydrogens is 508 g/mol. The smallest absolute Gasteiger partial charge is 0.255 e. The fraction of sp³-hybridized carbons (Fsp3) is 0.581. The summed E-state index contributed by atoms with van der Waals surface area (Å²) in [5.41, 5.74) is 3.54. The highest BCUT2D eigenvalue weighted by molar-refractivity contribution is 8.02. The summed E-state index contributed by atoms with van der Waals surface area (Å²) in [6.07, 6.45) is 8.69. The minimum absolute atomic E-state index is 0.0198. The van der Waals surface area contributed by atoms with Gasteiger partial charge in [0.1, 0.15) is 0 Å². The molecular formula is C31H42N4O3S. The van der Waals surface area contributed by atoms with Gasteiger partial charge in [-0.2, -0.15) is 0 Å². The maximum atomic E-state index is 13.6. The van der Waals surface area contributed by atoms with Gasteiger partial charge in [-0.05, 0) is 77.7 Å². The minimum Gasteiger partial charge on any atom is -0.376 e. The van der Waals surface area contributed by atoms with Crippen LogP contribution in [-0.4, -0.2) is 71.6 Å². The summed E-state index contributed by atoms with van der Waals surface area (Å²) in [6.45, 7) is 10.7. The number of thioether (sulfide) groups is 1. The molecule has 3 heterocycles. The average molecular weight is 551 g/mol. The van der Waals surface area contributed by atoms with Crippen molar-refractivity contribution in [3.05, 3.63) is 46.5 Å². The van der Waals surface area contributed by atoms with Crippen LogP contribution < -0.4 is 5.32 Å². The molecule has 0 bridgehead atoms. The lowest BCUT2D eigenvalue weighted by Crippen LogP contribution is -2.64. The zero-order chi connectivity index (χ0) is 27.9. The maximum absolute atomic E-state index is 13.6. The van der Waals surface area contributed by atoms with Crippen molar-refractivity contribution in [3.63, 3.8) is 0 Å². The zero-order valence-corrected chi connectivity index (χ0v) is 24.9. The summed E-state index contributed by atoms with van der Waals surface area (Å²) in [4.78, 5) is 33.9. The van der Waals surface area contributed by atoms with Gasteiger partial charge in [0.2, 0.25) is 0 Å². The first-order valence-corrected chi connectivity index (χ1v) is 15.4. The van der Waals surface area contributed by atoms with E-state index in [9.17, 15) is 9.59 Å². The number of hydrogen-bond acceptors (Lipinski definition) is 5. The van der Waals surface area contributed by atoms with Crippen LogP contribution in [0.15, 0.2) is 40.2 Å². The summed E-state index contributed by atoms with van der Waals surface area (Å²) >= 11 is 1.54. The molecule has 1 saturated heterocycles. The molecule has 3 aliphatic rings. The van der Waals surface area contributed by atoms with E-state index in [2.05, 4.69) is 52.7 Å². The number of benzene rings is 1. The van der Waals surface area contributed by atoms with Gasteiger partial charge in [0.05, 0.1) is 17.1 Å². The third-order valence-electron chi connectivity index (χ3n) is 9.28. The van der Waals surface area contributed by atoms with Gasteiger partial charge in [0.15, 0.2) is 0 Å². The number of carbonyl (C=O) groups excluding carboxylic acids is 2. The Morgan fingerprint density at radius 3 is 2.56 bits per heavy atom. The highest BCUT2D eigenvalue weighted by atomic mass is 32.2. The van der Waals surface area contributed by atoms with E-state index in [4.69, 9.17) is 4.74 Å². The van der Waals surface area contributed by atoms with Crippen molar-refractivity contribution >= 4 is 40.2 Å². The number of allylic oxidation sites excluding steroid dienone is 1. The average Bonchev–Trinajstić information content (AvgIpc) is 3.21. The summed E-state index contributed by atoms with van der Waals surface area (Å²) in [5.74, 6) is -0.175. The fourth-order valence-electron chi connectivity index (χ4n) is 6.95. The molecule has 210 valence electrons. The predicted molar refractivity (Wildman–Crippen MR) is 160 cm³/mol. The monoisotopic (exact) mass is 550 g/mol. The van der Waals surface area contributed by atoms with Crippen molar-refractivity contribution in [1.82, 2.24) is 14.8 Å².